The van der Waals surface area contributed by atoms with Crippen molar-refractivity contribution in [3.8, 4) is 0 Å². The van der Waals surface area contributed by atoms with Crippen LogP contribution in [-0.4, -0.2) is 34.2 Å². The summed E-state index contributed by atoms with van der Waals surface area (Å²) >= 11 is 3.14. The molecule has 1 aromatic heterocycles. The van der Waals surface area contributed by atoms with E-state index < -0.39 is 0 Å². The molecule has 0 saturated carbocycles. The fourth-order valence-corrected chi connectivity index (χ4v) is 3.73. The van der Waals surface area contributed by atoms with Crippen LogP contribution >= 0.6 is 23.1 Å². The van der Waals surface area contributed by atoms with Gasteiger partial charge >= 0.3 is 0 Å². The Bertz CT molecular complexity index is 544. The molecule has 0 amide bonds. The molecule has 0 saturated heterocycles. The third-order valence-corrected chi connectivity index (χ3v) is 4.89. The van der Waals surface area contributed by atoms with Gasteiger partial charge in [-0.25, -0.2) is 0 Å². The van der Waals surface area contributed by atoms with Gasteiger partial charge in [0, 0.05) is 18.0 Å². The highest BCUT2D eigenvalue weighted by molar-refractivity contribution is 8.01. The Morgan fingerprint density at radius 1 is 1.33 bits per heavy atom. The maximum atomic E-state index is 8.80. The second kappa shape index (κ2) is 5.26. The maximum Gasteiger partial charge on any atom is 0.213 e. The monoisotopic (exact) mass is 279 g/mol. The minimum Gasteiger partial charge on any atom is -0.396 e. The van der Waals surface area contributed by atoms with E-state index in [1.807, 2.05) is 0 Å². The first-order chi connectivity index (χ1) is 8.88. The number of aliphatic hydroxyl groups excluding tert-OH is 1. The normalized spacial score (nSPS) is 13.9. The summed E-state index contributed by atoms with van der Waals surface area (Å²) in [7, 11) is 0. The van der Waals surface area contributed by atoms with Crippen molar-refractivity contribution < 1.29 is 5.11 Å². The summed E-state index contributed by atoms with van der Waals surface area (Å²) in [4.78, 5) is 2.22. The highest BCUT2D eigenvalue weighted by atomic mass is 32.2. The van der Waals surface area contributed by atoms with Gasteiger partial charge in [-0.1, -0.05) is 41.3 Å². The first-order valence-electron chi connectivity index (χ1n) is 5.81. The summed E-state index contributed by atoms with van der Waals surface area (Å²) in [5, 5.41) is 18.1. The molecule has 1 N–H and O–H groups in total. The van der Waals surface area contributed by atoms with Crippen molar-refractivity contribution in [1.29, 1.82) is 0 Å². The molecule has 2 aromatic rings. The van der Waals surface area contributed by atoms with Crippen LogP contribution in [0.2, 0.25) is 0 Å². The van der Waals surface area contributed by atoms with E-state index in [-0.39, 0.29) is 6.61 Å². The van der Waals surface area contributed by atoms with Crippen LogP contribution in [-0.2, 0) is 6.42 Å². The molecule has 1 aliphatic heterocycles. The predicted molar refractivity (Wildman–Crippen MR) is 74.9 cm³/mol. The van der Waals surface area contributed by atoms with Gasteiger partial charge in [-0.3, -0.25) is 0 Å². The van der Waals surface area contributed by atoms with E-state index in [9.17, 15) is 0 Å². The average molecular weight is 279 g/mol. The molecule has 6 heteroatoms. The van der Waals surface area contributed by atoms with Gasteiger partial charge in [0.25, 0.3) is 0 Å². The van der Waals surface area contributed by atoms with Gasteiger partial charge in [0.2, 0.25) is 5.13 Å². The fraction of sp³-hybridized carbons (Fsp3) is 0.333. The van der Waals surface area contributed by atoms with Crippen LogP contribution in [0.5, 0.6) is 0 Å². The van der Waals surface area contributed by atoms with Crippen LogP contribution < -0.4 is 4.90 Å². The Balaban J connectivity index is 1.82. The smallest absolute Gasteiger partial charge is 0.213 e. The summed E-state index contributed by atoms with van der Waals surface area (Å²) in [5.74, 6) is 0.672. The van der Waals surface area contributed by atoms with Gasteiger partial charge in [-0.15, -0.1) is 10.2 Å². The number of aromatic nitrogens is 2. The van der Waals surface area contributed by atoms with E-state index in [1.54, 1.807) is 23.1 Å². The molecular weight excluding hydrogens is 266 g/mol. The van der Waals surface area contributed by atoms with E-state index in [0.29, 0.717) is 5.75 Å². The Kier molecular flexibility index (Phi) is 3.49. The predicted octanol–water partition coefficient (Wildman–Crippen LogP) is 2.32. The van der Waals surface area contributed by atoms with Crippen molar-refractivity contribution in [3.63, 3.8) is 0 Å². The number of benzene rings is 1. The lowest BCUT2D eigenvalue weighted by atomic mass is 10.2. The molecule has 0 atom stereocenters. The third-order valence-electron chi connectivity index (χ3n) is 2.83. The summed E-state index contributed by atoms with van der Waals surface area (Å²) in [5.41, 5.74) is 2.62. The number of para-hydroxylation sites is 1. The van der Waals surface area contributed by atoms with Crippen LogP contribution in [0.4, 0.5) is 10.8 Å². The summed E-state index contributed by atoms with van der Waals surface area (Å²) in [6.45, 7) is 1.14. The molecule has 1 aromatic carbocycles. The Labute approximate surface area is 114 Å². The molecule has 2 heterocycles. The molecule has 0 unspecified atom stereocenters. The lowest BCUT2D eigenvalue weighted by molar-refractivity contribution is 0.322. The molecule has 0 aliphatic carbocycles. The molecule has 3 rings (SSSR count). The van der Waals surface area contributed by atoms with Crippen LogP contribution in [0, 0.1) is 0 Å². The second-order valence-corrected chi connectivity index (χ2v) is 6.25. The number of nitrogens with zero attached hydrogens (tertiary/aromatic N) is 3. The number of rotatable bonds is 4. The Morgan fingerprint density at radius 3 is 3.11 bits per heavy atom. The van der Waals surface area contributed by atoms with Crippen molar-refractivity contribution in [2.45, 2.75) is 10.8 Å². The van der Waals surface area contributed by atoms with Crippen molar-refractivity contribution >= 4 is 33.9 Å². The summed E-state index contributed by atoms with van der Waals surface area (Å²) in [6, 6.07) is 8.42. The summed E-state index contributed by atoms with van der Waals surface area (Å²) in [6.07, 6.45) is 1.06. The second-order valence-electron chi connectivity index (χ2n) is 3.95. The fourth-order valence-electron chi connectivity index (χ4n) is 2.04. The topological polar surface area (TPSA) is 49.3 Å². The number of fused-ring (bicyclic) bond motifs is 1. The molecule has 0 radical (unpaired) electrons. The molecule has 18 heavy (non-hydrogen) atoms. The van der Waals surface area contributed by atoms with Gasteiger partial charge < -0.3 is 10.0 Å². The Morgan fingerprint density at radius 2 is 2.22 bits per heavy atom. The Hall–Kier alpha value is -1.11. The quantitative estimate of drug-likeness (QED) is 0.870. The van der Waals surface area contributed by atoms with Crippen molar-refractivity contribution in [2.75, 3.05) is 23.8 Å². The zero-order chi connectivity index (χ0) is 12.4. The molecule has 4 nitrogen and oxygen atoms in total. The number of hydrogen-bond donors (Lipinski definition) is 1. The number of thioether (sulfide) groups is 1. The zero-order valence-electron chi connectivity index (χ0n) is 9.74. The van der Waals surface area contributed by atoms with Crippen LogP contribution in [0.15, 0.2) is 28.6 Å². The highest BCUT2D eigenvalue weighted by Gasteiger charge is 2.22. The van der Waals surface area contributed by atoms with Crippen LogP contribution in [0.1, 0.15) is 5.56 Å². The number of hydrogen-bond acceptors (Lipinski definition) is 6. The SMILES string of the molecule is OCCSc1nnc(N2CCc3ccccc32)s1. The average Bonchev–Trinajstić information content (AvgIpc) is 3.02. The van der Waals surface area contributed by atoms with Crippen molar-refractivity contribution in [2.24, 2.45) is 0 Å². The largest absolute Gasteiger partial charge is 0.396 e. The third kappa shape index (κ3) is 2.23. The van der Waals surface area contributed by atoms with E-state index in [1.165, 1.54) is 11.3 Å². The standard InChI is InChI=1S/C12H13N3OS2/c16-7-8-17-12-14-13-11(18-12)15-6-5-9-3-1-2-4-10(9)15/h1-4,16H,5-8H2. The highest BCUT2D eigenvalue weighted by Crippen LogP contribution is 2.37. The van der Waals surface area contributed by atoms with Gasteiger partial charge in [-0.05, 0) is 18.1 Å². The van der Waals surface area contributed by atoms with Crippen LogP contribution in [0.25, 0.3) is 0 Å². The maximum absolute atomic E-state index is 8.80. The summed E-state index contributed by atoms with van der Waals surface area (Å²) < 4.78 is 0.920. The minimum atomic E-state index is 0.173. The first-order valence-corrected chi connectivity index (χ1v) is 7.61. The molecule has 0 bridgehead atoms. The lowest BCUT2D eigenvalue weighted by Gasteiger charge is -2.14. The van der Waals surface area contributed by atoms with E-state index >= 15 is 0 Å². The van der Waals surface area contributed by atoms with Gasteiger partial charge in [0.15, 0.2) is 4.34 Å². The molecule has 1 aliphatic rings. The zero-order valence-corrected chi connectivity index (χ0v) is 11.4. The van der Waals surface area contributed by atoms with Crippen molar-refractivity contribution in [1.82, 2.24) is 10.2 Å². The molecule has 94 valence electrons. The molecule has 0 spiro atoms. The first kappa shape index (κ1) is 12.0. The van der Waals surface area contributed by atoms with Gasteiger partial charge in [0.1, 0.15) is 0 Å². The van der Waals surface area contributed by atoms with E-state index in [0.717, 1.165) is 22.4 Å². The van der Waals surface area contributed by atoms with Crippen molar-refractivity contribution in [3.05, 3.63) is 29.8 Å². The van der Waals surface area contributed by atoms with Gasteiger partial charge in [-0.2, -0.15) is 0 Å². The molecule has 0 fully saturated rings. The number of anilines is 2. The van der Waals surface area contributed by atoms with E-state index in [2.05, 4.69) is 39.4 Å². The lowest BCUT2D eigenvalue weighted by Crippen LogP contribution is -2.12. The van der Waals surface area contributed by atoms with E-state index in [4.69, 9.17) is 5.11 Å². The minimum absolute atomic E-state index is 0.173. The van der Waals surface area contributed by atoms with Crippen LogP contribution in [0.3, 0.4) is 0 Å². The molecular formula is C12H13N3OS2. The number of aliphatic hydroxyl groups is 1. The van der Waals surface area contributed by atoms with Gasteiger partial charge in [0.05, 0.1) is 6.61 Å².